The summed E-state index contributed by atoms with van der Waals surface area (Å²) >= 11 is 0. The third-order valence-corrected chi connectivity index (χ3v) is 3.99. The van der Waals surface area contributed by atoms with E-state index in [0.29, 0.717) is 13.0 Å². The van der Waals surface area contributed by atoms with E-state index in [4.69, 9.17) is 10.2 Å². The Morgan fingerprint density at radius 1 is 1.26 bits per heavy atom. The van der Waals surface area contributed by atoms with Crippen LogP contribution in [0.1, 0.15) is 38.5 Å². The number of aliphatic hydroxyl groups excluding tert-OH is 1. The first-order chi connectivity index (χ1) is 9.13. The molecule has 0 bridgehead atoms. The van der Waals surface area contributed by atoms with Crippen LogP contribution in [0.25, 0.3) is 0 Å². The van der Waals surface area contributed by atoms with Crippen LogP contribution >= 0.6 is 0 Å². The summed E-state index contributed by atoms with van der Waals surface area (Å²) in [6, 6.07) is -1.02. The predicted molar refractivity (Wildman–Crippen MR) is 68.7 cm³/mol. The highest BCUT2D eigenvalue weighted by Crippen LogP contribution is 2.33. The van der Waals surface area contributed by atoms with Crippen LogP contribution in [0.2, 0.25) is 0 Å². The number of carboxylic acid groups (broad SMARTS) is 1. The first-order valence-corrected chi connectivity index (χ1v) is 7.04. The lowest BCUT2D eigenvalue weighted by molar-refractivity contribution is -0.139. The normalized spacial score (nSPS) is 24.9. The number of likely N-dealkylation sites (tertiary alicyclic amines) is 1. The fraction of sp³-hybridized carbons (Fsp3) is 0.846. The van der Waals surface area contributed by atoms with Crippen molar-refractivity contribution < 1.29 is 19.8 Å². The first-order valence-electron chi connectivity index (χ1n) is 7.04. The highest BCUT2D eigenvalue weighted by Gasteiger charge is 2.39. The maximum atomic E-state index is 12.2. The molecule has 2 unspecified atom stereocenters. The lowest BCUT2D eigenvalue weighted by atomic mass is 10.00. The van der Waals surface area contributed by atoms with Gasteiger partial charge in [0.25, 0.3) is 0 Å². The second-order valence-corrected chi connectivity index (χ2v) is 5.46. The molecule has 3 N–H and O–H groups in total. The van der Waals surface area contributed by atoms with E-state index in [1.165, 1.54) is 0 Å². The van der Waals surface area contributed by atoms with Crippen LogP contribution in [0.15, 0.2) is 0 Å². The van der Waals surface area contributed by atoms with E-state index in [-0.39, 0.29) is 24.6 Å². The van der Waals surface area contributed by atoms with Gasteiger partial charge in [-0.05, 0) is 44.4 Å². The molecule has 2 amide bonds. The molecule has 6 heteroatoms. The quantitative estimate of drug-likeness (QED) is 0.689. The minimum absolute atomic E-state index is 0.0346. The molecule has 0 aromatic rings. The van der Waals surface area contributed by atoms with Crippen LogP contribution in [0.4, 0.5) is 4.79 Å². The van der Waals surface area contributed by atoms with Gasteiger partial charge in [0.2, 0.25) is 0 Å². The molecule has 1 saturated heterocycles. The summed E-state index contributed by atoms with van der Waals surface area (Å²) in [6.45, 7) is 0.701. The number of hydrogen-bond donors (Lipinski definition) is 3. The lowest BCUT2D eigenvalue weighted by Crippen LogP contribution is -2.53. The SMILES string of the molecule is O=C(O)C(NC(=O)N1CCCCC1CCO)C1CC1. The van der Waals surface area contributed by atoms with Crippen molar-refractivity contribution in [2.24, 2.45) is 5.92 Å². The van der Waals surface area contributed by atoms with Crippen LogP contribution in [0.3, 0.4) is 0 Å². The van der Waals surface area contributed by atoms with Crippen molar-refractivity contribution in [3.8, 4) is 0 Å². The molecule has 0 spiro atoms. The van der Waals surface area contributed by atoms with Crippen molar-refractivity contribution in [2.75, 3.05) is 13.2 Å². The molecule has 2 aliphatic rings. The number of rotatable bonds is 5. The molecule has 6 nitrogen and oxygen atoms in total. The molecule has 2 rings (SSSR count). The fourth-order valence-electron chi connectivity index (χ4n) is 2.74. The van der Waals surface area contributed by atoms with E-state index >= 15 is 0 Å². The molecule has 1 aliphatic heterocycles. The van der Waals surface area contributed by atoms with E-state index < -0.39 is 12.0 Å². The first kappa shape index (κ1) is 14.1. The van der Waals surface area contributed by atoms with Crippen molar-refractivity contribution in [1.82, 2.24) is 10.2 Å². The Morgan fingerprint density at radius 2 is 2.00 bits per heavy atom. The Kier molecular flexibility index (Phi) is 4.63. The molecule has 108 valence electrons. The molecule has 2 atom stereocenters. The maximum Gasteiger partial charge on any atom is 0.326 e. The number of nitrogens with one attached hydrogen (secondary N) is 1. The number of hydrogen-bond acceptors (Lipinski definition) is 3. The summed E-state index contributed by atoms with van der Waals surface area (Å²) < 4.78 is 0. The molecule has 1 heterocycles. The number of nitrogens with zero attached hydrogens (tertiary/aromatic N) is 1. The lowest BCUT2D eigenvalue weighted by Gasteiger charge is -2.36. The van der Waals surface area contributed by atoms with Gasteiger partial charge in [0, 0.05) is 19.2 Å². The molecular weight excluding hydrogens is 248 g/mol. The van der Waals surface area contributed by atoms with Crippen molar-refractivity contribution in [3.63, 3.8) is 0 Å². The van der Waals surface area contributed by atoms with Gasteiger partial charge in [0.05, 0.1) is 0 Å². The molecule has 1 saturated carbocycles. The van der Waals surface area contributed by atoms with Crippen molar-refractivity contribution in [1.29, 1.82) is 0 Å². The van der Waals surface area contributed by atoms with E-state index in [1.54, 1.807) is 4.90 Å². The Bertz CT molecular complexity index is 342. The smallest absolute Gasteiger partial charge is 0.326 e. The highest BCUT2D eigenvalue weighted by atomic mass is 16.4. The Hall–Kier alpha value is -1.30. The number of carboxylic acids is 1. The van der Waals surface area contributed by atoms with Gasteiger partial charge in [0.1, 0.15) is 6.04 Å². The average Bonchev–Trinajstić information content (AvgIpc) is 3.20. The third kappa shape index (κ3) is 3.59. The van der Waals surface area contributed by atoms with Crippen LogP contribution < -0.4 is 5.32 Å². The van der Waals surface area contributed by atoms with Crippen molar-refractivity contribution >= 4 is 12.0 Å². The van der Waals surface area contributed by atoms with Crippen LogP contribution in [-0.4, -0.2) is 52.3 Å². The van der Waals surface area contributed by atoms with Gasteiger partial charge in [-0.2, -0.15) is 0 Å². The van der Waals surface area contributed by atoms with Gasteiger partial charge in [-0.1, -0.05) is 0 Å². The molecule has 0 radical (unpaired) electrons. The number of piperidine rings is 1. The summed E-state index contributed by atoms with van der Waals surface area (Å²) in [7, 11) is 0. The second kappa shape index (κ2) is 6.23. The molecular formula is C13H22N2O4. The van der Waals surface area contributed by atoms with Gasteiger partial charge in [-0.25, -0.2) is 9.59 Å². The zero-order valence-corrected chi connectivity index (χ0v) is 11.0. The van der Waals surface area contributed by atoms with E-state index in [2.05, 4.69) is 5.32 Å². The number of urea groups is 1. The Balaban J connectivity index is 1.94. The van der Waals surface area contributed by atoms with E-state index in [0.717, 1.165) is 32.1 Å². The molecule has 1 aliphatic carbocycles. The Labute approximate surface area is 112 Å². The fourth-order valence-corrected chi connectivity index (χ4v) is 2.74. The number of aliphatic carboxylic acids is 1. The number of carbonyl (C=O) groups is 2. The summed E-state index contributed by atoms with van der Waals surface area (Å²) in [5.74, 6) is -0.867. The standard InChI is InChI=1S/C13H22N2O4/c16-8-6-10-3-1-2-7-15(10)13(19)14-11(12(17)18)9-4-5-9/h9-11,16H,1-8H2,(H,14,19)(H,17,18). The molecule has 0 aromatic carbocycles. The predicted octanol–water partition coefficient (Wildman–Crippen LogP) is 0.796. The third-order valence-electron chi connectivity index (χ3n) is 3.99. The van der Waals surface area contributed by atoms with Crippen LogP contribution in [0.5, 0.6) is 0 Å². The molecule has 0 aromatic heterocycles. The largest absolute Gasteiger partial charge is 0.480 e. The number of aliphatic hydroxyl groups is 1. The topological polar surface area (TPSA) is 89.9 Å². The van der Waals surface area contributed by atoms with Gasteiger partial charge < -0.3 is 20.4 Å². The highest BCUT2D eigenvalue weighted by molar-refractivity contribution is 5.83. The zero-order valence-electron chi connectivity index (χ0n) is 11.0. The Morgan fingerprint density at radius 3 is 2.58 bits per heavy atom. The van der Waals surface area contributed by atoms with Crippen molar-refractivity contribution in [3.05, 3.63) is 0 Å². The monoisotopic (exact) mass is 270 g/mol. The van der Waals surface area contributed by atoms with Gasteiger partial charge in [0.15, 0.2) is 0 Å². The minimum Gasteiger partial charge on any atom is -0.480 e. The van der Waals surface area contributed by atoms with Gasteiger partial charge >= 0.3 is 12.0 Å². The number of carbonyl (C=O) groups excluding carboxylic acids is 1. The maximum absolute atomic E-state index is 12.2. The molecule has 19 heavy (non-hydrogen) atoms. The summed E-state index contributed by atoms with van der Waals surface area (Å²) in [4.78, 5) is 25.0. The zero-order chi connectivity index (χ0) is 13.8. The van der Waals surface area contributed by atoms with Crippen molar-refractivity contribution in [2.45, 2.75) is 50.6 Å². The van der Waals surface area contributed by atoms with E-state index in [1.807, 2.05) is 0 Å². The average molecular weight is 270 g/mol. The van der Waals surface area contributed by atoms with Crippen LogP contribution in [-0.2, 0) is 4.79 Å². The van der Waals surface area contributed by atoms with Gasteiger partial charge in [-0.15, -0.1) is 0 Å². The molecule has 2 fully saturated rings. The van der Waals surface area contributed by atoms with Crippen LogP contribution in [0, 0.1) is 5.92 Å². The summed E-state index contributed by atoms with van der Waals surface area (Å²) in [6.07, 6.45) is 5.19. The number of amides is 2. The summed E-state index contributed by atoms with van der Waals surface area (Å²) in [5.41, 5.74) is 0. The van der Waals surface area contributed by atoms with Gasteiger partial charge in [-0.3, -0.25) is 0 Å². The summed E-state index contributed by atoms with van der Waals surface area (Å²) in [5, 5.41) is 20.8. The minimum atomic E-state index is -0.952. The van der Waals surface area contributed by atoms with E-state index in [9.17, 15) is 9.59 Å². The second-order valence-electron chi connectivity index (χ2n) is 5.46.